The van der Waals surface area contributed by atoms with E-state index in [2.05, 4.69) is 5.32 Å². The van der Waals surface area contributed by atoms with Gasteiger partial charge >= 0.3 is 0 Å². The number of hydrogen-bond acceptors (Lipinski definition) is 4. The first-order chi connectivity index (χ1) is 13.6. The van der Waals surface area contributed by atoms with Crippen molar-refractivity contribution in [1.82, 2.24) is 15.1 Å². The summed E-state index contributed by atoms with van der Waals surface area (Å²) in [4.78, 5) is 41.6. The van der Waals surface area contributed by atoms with Crippen molar-refractivity contribution in [1.29, 1.82) is 0 Å². The van der Waals surface area contributed by atoms with Gasteiger partial charge in [-0.1, -0.05) is 30.3 Å². The van der Waals surface area contributed by atoms with Crippen molar-refractivity contribution in [3.63, 3.8) is 0 Å². The number of amides is 3. The molecule has 2 aliphatic heterocycles. The Kier molecular flexibility index (Phi) is 4.96. The van der Waals surface area contributed by atoms with E-state index in [9.17, 15) is 14.4 Å². The number of hydrogen-bond donors (Lipinski definition) is 1. The first-order valence-electron chi connectivity index (χ1n) is 9.60. The van der Waals surface area contributed by atoms with E-state index in [1.165, 1.54) is 4.90 Å². The molecule has 1 saturated heterocycles. The molecule has 0 spiro atoms. The zero-order chi connectivity index (χ0) is 19.7. The van der Waals surface area contributed by atoms with Gasteiger partial charge in [0.2, 0.25) is 0 Å². The predicted octanol–water partition coefficient (Wildman–Crippen LogP) is 2.31. The number of carbonyl (C=O) groups is 3. The van der Waals surface area contributed by atoms with E-state index in [4.69, 9.17) is 0 Å². The summed E-state index contributed by atoms with van der Waals surface area (Å²) < 4.78 is 0. The Morgan fingerprint density at radius 3 is 2.57 bits per heavy atom. The van der Waals surface area contributed by atoms with Crippen LogP contribution >= 0.6 is 0 Å². The summed E-state index contributed by atoms with van der Waals surface area (Å²) >= 11 is 0. The third-order valence-electron chi connectivity index (χ3n) is 5.48. The molecule has 0 aliphatic carbocycles. The monoisotopic (exact) mass is 377 g/mol. The van der Waals surface area contributed by atoms with Crippen molar-refractivity contribution in [2.45, 2.75) is 25.4 Å². The van der Waals surface area contributed by atoms with Crippen molar-refractivity contribution >= 4 is 17.7 Å². The normalized spacial score (nSPS) is 18.7. The van der Waals surface area contributed by atoms with Crippen LogP contribution in [0.1, 0.15) is 49.5 Å². The van der Waals surface area contributed by atoms with Crippen LogP contribution in [-0.4, -0.2) is 53.7 Å². The number of likely N-dealkylation sites (tertiary alicyclic amines) is 1. The third-order valence-corrected chi connectivity index (χ3v) is 5.48. The van der Waals surface area contributed by atoms with Crippen LogP contribution in [0.25, 0.3) is 0 Å². The van der Waals surface area contributed by atoms with Crippen molar-refractivity contribution in [3.05, 3.63) is 70.8 Å². The predicted molar refractivity (Wildman–Crippen MR) is 105 cm³/mol. The van der Waals surface area contributed by atoms with Crippen molar-refractivity contribution in [2.75, 3.05) is 20.1 Å². The molecule has 6 nitrogen and oxygen atoms in total. The van der Waals surface area contributed by atoms with E-state index < -0.39 is 0 Å². The maximum atomic E-state index is 13.0. The van der Waals surface area contributed by atoms with E-state index in [0.717, 1.165) is 31.5 Å². The van der Waals surface area contributed by atoms with E-state index in [-0.39, 0.29) is 30.3 Å². The Hall–Kier alpha value is -2.99. The fourth-order valence-corrected chi connectivity index (χ4v) is 4.05. The molecule has 0 bridgehead atoms. The molecule has 4 rings (SSSR count). The zero-order valence-electron chi connectivity index (χ0n) is 15.9. The molecule has 2 aromatic rings. The fraction of sp³-hybridized carbons (Fsp3) is 0.318. The second kappa shape index (κ2) is 7.56. The van der Waals surface area contributed by atoms with Crippen LogP contribution in [0.5, 0.6) is 0 Å². The molecule has 1 unspecified atom stereocenters. The Bertz CT molecular complexity index is 926. The summed E-state index contributed by atoms with van der Waals surface area (Å²) in [6.07, 6.45) is 1.95. The fourth-order valence-electron chi connectivity index (χ4n) is 4.05. The molecule has 1 N–H and O–H groups in total. The number of rotatable bonds is 5. The van der Waals surface area contributed by atoms with Gasteiger partial charge in [0.25, 0.3) is 17.7 Å². The second-order valence-corrected chi connectivity index (χ2v) is 7.29. The average molecular weight is 377 g/mol. The Morgan fingerprint density at radius 2 is 1.82 bits per heavy atom. The molecule has 2 heterocycles. The van der Waals surface area contributed by atoms with Gasteiger partial charge in [0.15, 0.2) is 0 Å². The molecule has 1 atom stereocenters. The first-order valence-corrected chi connectivity index (χ1v) is 9.60. The highest BCUT2D eigenvalue weighted by Crippen LogP contribution is 2.27. The number of carbonyl (C=O) groups excluding carboxylic acids is 3. The van der Waals surface area contributed by atoms with Gasteiger partial charge in [-0.05, 0) is 43.7 Å². The lowest BCUT2D eigenvalue weighted by atomic mass is 10.0. The van der Waals surface area contributed by atoms with Gasteiger partial charge in [-0.3, -0.25) is 19.3 Å². The molecular formula is C22H23N3O3. The van der Waals surface area contributed by atoms with Crippen LogP contribution in [0.2, 0.25) is 0 Å². The Morgan fingerprint density at radius 1 is 1.07 bits per heavy atom. The third kappa shape index (κ3) is 3.20. The summed E-state index contributed by atoms with van der Waals surface area (Å²) in [7, 11) is 1.88. The summed E-state index contributed by atoms with van der Waals surface area (Å²) in [6, 6.07) is 14.4. The number of likely N-dealkylation sites (N-methyl/N-ethyl adjacent to an activating group) is 1. The van der Waals surface area contributed by atoms with Crippen LogP contribution in [0.15, 0.2) is 48.5 Å². The largest absolute Gasteiger partial charge is 0.334 e. The number of imide groups is 1. The molecule has 0 saturated carbocycles. The lowest BCUT2D eigenvalue weighted by Crippen LogP contribution is -2.40. The van der Waals surface area contributed by atoms with E-state index >= 15 is 0 Å². The molecule has 3 amide bonds. The molecule has 1 fully saturated rings. The number of fused-ring (bicyclic) bond motifs is 1. The van der Waals surface area contributed by atoms with Gasteiger partial charge in [-0.25, -0.2) is 0 Å². The van der Waals surface area contributed by atoms with Crippen LogP contribution in [-0.2, 0) is 6.54 Å². The van der Waals surface area contributed by atoms with E-state index in [1.54, 1.807) is 18.2 Å². The maximum Gasteiger partial charge on any atom is 0.261 e. The van der Waals surface area contributed by atoms with Crippen molar-refractivity contribution in [2.24, 2.45) is 0 Å². The van der Waals surface area contributed by atoms with Crippen molar-refractivity contribution in [3.8, 4) is 0 Å². The molecule has 0 aromatic heterocycles. The summed E-state index contributed by atoms with van der Waals surface area (Å²) in [5, 5.41) is 3.13. The summed E-state index contributed by atoms with van der Waals surface area (Å²) in [6.45, 7) is 1.70. The topological polar surface area (TPSA) is 69.7 Å². The van der Waals surface area contributed by atoms with E-state index in [1.807, 2.05) is 42.3 Å². The lowest BCUT2D eigenvalue weighted by molar-refractivity contribution is 0.0641. The van der Waals surface area contributed by atoms with Crippen molar-refractivity contribution < 1.29 is 14.4 Å². The van der Waals surface area contributed by atoms with Gasteiger partial charge in [-0.2, -0.15) is 0 Å². The molecule has 2 aliphatic rings. The molecule has 28 heavy (non-hydrogen) atoms. The number of benzene rings is 2. The lowest BCUT2D eigenvalue weighted by Gasteiger charge is -2.24. The second-order valence-electron chi connectivity index (χ2n) is 7.29. The Labute approximate surface area is 164 Å². The highest BCUT2D eigenvalue weighted by molar-refractivity contribution is 6.22. The standard InChI is InChI=1S/C22H23N3O3/c1-23-13-17-8-5-11-24(17)20(26)16-9-10-18-19(12-16)22(28)25(21(18)27)14-15-6-3-2-4-7-15/h2-4,6-7,9-10,12,17,23H,5,8,11,13-14H2,1H3. The van der Waals surface area contributed by atoms with E-state index in [0.29, 0.717) is 16.7 Å². The first kappa shape index (κ1) is 18.4. The minimum Gasteiger partial charge on any atom is -0.334 e. The number of nitrogens with one attached hydrogen (secondary N) is 1. The van der Waals surface area contributed by atoms with Gasteiger partial charge in [0.1, 0.15) is 0 Å². The van der Waals surface area contributed by atoms with Gasteiger partial charge < -0.3 is 10.2 Å². The van der Waals surface area contributed by atoms with Crippen LogP contribution in [0.4, 0.5) is 0 Å². The Balaban J connectivity index is 1.58. The quantitative estimate of drug-likeness (QED) is 0.812. The molecule has 2 aromatic carbocycles. The number of nitrogens with zero attached hydrogens (tertiary/aromatic N) is 2. The van der Waals surface area contributed by atoms with Gasteiger partial charge in [0.05, 0.1) is 17.7 Å². The smallest absolute Gasteiger partial charge is 0.261 e. The van der Waals surface area contributed by atoms with Crippen LogP contribution < -0.4 is 5.32 Å². The summed E-state index contributed by atoms with van der Waals surface area (Å²) in [5.41, 5.74) is 2.03. The van der Waals surface area contributed by atoms with Gasteiger partial charge in [-0.15, -0.1) is 0 Å². The average Bonchev–Trinajstić information content (AvgIpc) is 3.27. The molecule has 0 radical (unpaired) electrons. The zero-order valence-corrected chi connectivity index (χ0v) is 15.9. The molecule has 144 valence electrons. The molecular weight excluding hydrogens is 354 g/mol. The van der Waals surface area contributed by atoms with Crippen LogP contribution in [0.3, 0.4) is 0 Å². The minimum atomic E-state index is -0.341. The summed E-state index contributed by atoms with van der Waals surface area (Å²) in [5.74, 6) is -0.730. The van der Waals surface area contributed by atoms with Gasteiger partial charge in [0, 0.05) is 24.7 Å². The molecule has 6 heteroatoms. The maximum absolute atomic E-state index is 13.0. The van der Waals surface area contributed by atoms with Crippen LogP contribution in [0, 0.1) is 0 Å². The SMILES string of the molecule is CNCC1CCCN1C(=O)c1ccc2c(c1)C(=O)N(Cc1ccccc1)C2=O. The minimum absolute atomic E-state index is 0.0812. The highest BCUT2D eigenvalue weighted by Gasteiger charge is 2.37. The highest BCUT2D eigenvalue weighted by atomic mass is 16.2.